The summed E-state index contributed by atoms with van der Waals surface area (Å²) in [5.41, 5.74) is 0. The van der Waals surface area contributed by atoms with E-state index in [0.717, 1.165) is 0 Å². The van der Waals surface area contributed by atoms with Gasteiger partial charge in [-0.1, -0.05) is 0 Å². The number of alkyl halides is 2. The molecule has 1 fully saturated rings. The van der Waals surface area contributed by atoms with Gasteiger partial charge in [0.2, 0.25) is 0 Å². The van der Waals surface area contributed by atoms with Crippen molar-refractivity contribution >= 4 is 15.4 Å². The zero-order valence-corrected chi connectivity index (χ0v) is 6.80. The molecule has 0 aromatic carbocycles. The third-order valence-electron chi connectivity index (χ3n) is 1.47. The second kappa shape index (κ2) is 2.99. The van der Waals surface area contributed by atoms with Crippen molar-refractivity contribution in [3.05, 3.63) is 0 Å². The van der Waals surface area contributed by atoms with Gasteiger partial charge in [0.1, 0.15) is 0 Å². The topological polar surface area (TPSA) is 38.3 Å². The number of amides is 1. The van der Waals surface area contributed by atoms with E-state index in [1.807, 2.05) is 9.47 Å². The molecular weight excluding hydrogens is 175 g/mol. The lowest BCUT2D eigenvalue weighted by Gasteiger charge is -2.05. The number of halogens is 2. The first kappa shape index (κ1) is 8.81. The third kappa shape index (κ3) is 1.84. The van der Waals surface area contributed by atoms with Crippen LogP contribution in [-0.4, -0.2) is 24.5 Å². The highest BCUT2D eigenvalue weighted by atomic mass is 31.0. The molecule has 11 heavy (non-hydrogen) atoms. The van der Waals surface area contributed by atoms with E-state index < -0.39 is 24.3 Å². The lowest BCUT2D eigenvalue weighted by Crippen LogP contribution is -2.31. The molecule has 0 saturated carbocycles. The molecule has 1 N–H and O–H groups in total. The Kier molecular flexibility index (Phi) is 2.40. The Morgan fingerprint density at radius 2 is 2.45 bits per heavy atom. The van der Waals surface area contributed by atoms with Crippen molar-refractivity contribution in [1.29, 1.82) is 0 Å². The molecule has 64 valence electrons. The second-order valence-corrected chi connectivity index (χ2v) is 2.75. The van der Waals surface area contributed by atoms with Gasteiger partial charge in [-0.3, -0.25) is 4.79 Å². The Morgan fingerprint density at radius 1 is 1.82 bits per heavy atom. The smallest absolute Gasteiger partial charge is 0.326 e. The summed E-state index contributed by atoms with van der Waals surface area (Å²) >= 11 is 0. The maximum absolute atomic E-state index is 12.4. The highest BCUT2D eigenvalue weighted by Crippen LogP contribution is 2.26. The number of carbonyl (C=O) groups excluding carboxylic acids is 1. The van der Waals surface area contributed by atoms with Crippen molar-refractivity contribution in [1.82, 2.24) is 5.32 Å². The number of hydrogen-bond donors (Lipinski definition) is 1. The lowest BCUT2D eigenvalue weighted by molar-refractivity contribution is -0.139. The Bertz CT molecular complexity index is 176. The first-order chi connectivity index (χ1) is 5.06. The van der Waals surface area contributed by atoms with E-state index in [-0.39, 0.29) is 6.61 Å². The summed E-state index contributed by atoms with van der Waals surface area (Å²) in [4.78, 5) is 10.5. The number of rotatable bonds is 2. The number of nitrogens with one attached hydrogen (secondary N) is 1. The predicted octanol–water partition coefficient (Wildman–Crippen LogP) is 0.317. The molecule has 1 amide bonds. The van der Waals surface area contributed by atoms with Gasteiger partial charge in [-0.15, -0.1) is 0 Å². The minimum atomic E-state index is -3.21. The van der Waals surface area contributed by atoms with Crippen molar-refractivity contribution in [3.63, 3.8) is 0 Å². The molecule has 2 atom stereocenters. The van der Waals surface area contributed by atoms with Crippen LogP contribution in [0.3, 0.4) is 0 Å². The Morgan fingerprint density at radius 3 is 2.82 bits per heavy atom. The summed E-state index contributed by atoms with van der Waals surface area (Å²) in [7, 11) is 1.95. The Labute approximate surface area is 64.8 Å². The molecule has 6 heteroatoms. The fraction of sp³-hybridized carbons (Fsp3) is 0.800. The molecule has 1 heterocycles. The van der Waals surface area contributed by atoms with Gasteiger partial charge in [-0.25, -0.2) is 0 Å². The minimum Gasteiger partial charge on any atom is -0.364 e. The molecule has 1 aliphatic heterocycles. The van der Waals surface area contributed by atoms with Gasteiger partial charge in [0, 0.05) is 15.9 Å². The normalized spacial score (nSPS) is 28.6. The molecule has 0 aromatic heterocycles. The van der Waals surface area contributed by atoms with E-state index in [0.29, 0.717) is 0 Å². The summed E-state index contributed by atoms with van der Waals surface area (Å²) in [6, 6.07) is -0.560. The summed E-state index contributed by atoms with van der Waals surface area (Å²) in [6.07, 6.45) is -0.472. The monoisotopic (exact) mass is 183 g/mol. The molecular formula is C5H8F2NO2P. The summed E-state index contributed by atoms with van der Waals surface area (Å²) in [5, 5.41) is 2.12. The highest BCUT2D eigenvalue weighted by molar-refractivity contribution is 7.09. The van der Waals surface area contributed by atoms with Gasteiger partial charge < -0.3 is 9.84 Å². The van der Waals surface area contributed by atoms with E-state index in [2.05, 4.69) is 9.84 Å². The molecule has 0 bridgehead atoms. The summed E-state index contributed by atoms with van der Waals surface area (Å²) < 4.78 is 29.4. The van der Waals surface area contributed by atoms with Gasteiger partial charge in [0.05, 0.1) is 12.6 Å². The molecule has 0 spiro atoms. The van der Waals surface area contributed by atoms with Gasteiger partial charge >= 0.3 is 5.92 Å². The first-order valence-corrected chi connectivity index (χ1v) is 3.54. The van der Waals surface area contributed by atoms with Gasteiger partial charge in [-0.2, -0.15) is 8.78 Å². The largest absolute Gasteiger partial charge is 0.364 e. The van der Waals surface area contributed by atoms with Crippen LogP contribution in [0.1, 0.15) is 6.42 Å². The molecule has 1 aliphatic rings. The van der Waals surface area contributed by atoms with Crippen molar-refractivity contribution in [2.75, 3.05) is 6.61 Å². The van der Waals surface area contributed by atoms with E-state index in [1.54, 1.807) is 0 Å². The SMILES string of the molecule is O=C1N[C@@H](COP)CC1(F)F. The first-order valence-electron chi connectivity index (χ1n) is 3.07. The van der Waals surface area contributed by atoms with Crippen LogP contribution < -0.4 is 5.32 Å². The van der Waals surface area contributed by atoms with Crippen LogP contribution in [0.25, 0.3) is 0 Å². The van der Waals surface area contributed by atoms with Gasteiger partial charge in [0.15, 0.2) is 0 Å². The molecule has 0 aliphatic carbocycles. The van der Waals surface area contributed by atoms with Crippen LogP contribution in [0, 0.1) is 0 Å². The van der Waals surface area contributed by atoms with Crippen molar-refractivity contribution in [3.8, 4) is 0 Å². The predicted molar refractivity (Wildman–Crippen MR) is 37.2 cm³/mol. The quantitative estimate of drug-likeness (QED) is 0.626. The lowest BCUT2D eigenvalue weighted by atomic mass is 10.2. The summed E-state index contributed by atoms with van der Waals surface area (Å²) in [5.74, 6) is -4.42. The van der Waals surface area contributed by atoms with Crippen molar-refractivity contribution < 1.29 is 18.1 Å². The van der Waals surface area contributed by atoms with Crippen LogP contribution in [0.4, 0.5) is 8.78 Å². The maximum atomic E-state index is 12.4. The molecule has 1 rings (SSSR count). The Hall–Kier alpha value is -0.280. The van der Waals surface area contributed by atoms with Crippen molar-refractivity contribution in [2.45, 2.75) is 18.4 Å². The fourth-order valence-corrected chi connectivity index (χ4v) is 1.19. The van der Waals surface area contributed by atoms with Gasteiger partial charge in [-0.05, 0) is 0 Å². The van der Waals surface area contributed by atoms with E-state index >= 15 is 0 Å². The zero-order chi connectivity index (χ0) is 8.48. The zero-order valence-electron chi connectivity index (χ0n) is 5.64. The molecule has 0 aromatic rings. The van der Waals surface area contributed by atoms with E-state index in [9.17, 15) is 13.6 Å². The fourth-order valence-electron chi connectivity index (χ4n) is 0.961. The average Bonchev–Trinajstić information content (AvgIpc) is 2.08. The standard InChI is InChI=1S/C5H8F2NO2P/c6-5(7)1-3(2-10-11)8-4(5)9/h3H,1-2,11H2,(H,8,9)/t3-/m1/s1. The van der Waals surface area contributed by atoms with Crippen LogP contribution in [-0.2, 0) is 9.32 Å². The minimum absolute atomic E-state index is 0.103. The van der Waals surface area contributed by atoms with Crippen LogP contribution >= 0.6 is 9.47 Å². The van der Waals surface area contributed by atoms with Gasteiger partial charge in [0.25, 0.3) is 5.91 Å². The van der Waals surface area contributed by atoms with Crippen molar-refractivity contribution in [2.24, 2.45) is 0 Å². The van der Waals surface area contributed by atoms with E-state index in [1.165, 1.54) is 0 Å². The highest BCUT2D eigenvalue weighted by Gasteiger charge is 2.47. The second-order valence-electron chi connectivity index (χ2n) is 2.41. The average molecular weight is 183 g/mol. The third-order valence-corrected chi connectivity index (χ3v) is 1.66. The van der Waals surface area contributed by atoms with Crippen LogP contribution in [0.15, 0.2) is 0 Å². The van der Waals surface area contributed by atoms with Crippen LogP contribution in [0.5, 0.6) is 0 Å². The maximum Gasteiger partial charge on any atom is 0.326 e. The molecule has 3 nitrogen and oxygen atoms in total. The summed E-state index contributed by atoms with van der Waals surface area (Å²) in [6.45, 7) is 0.103. The van der Waals surface area contributed by atoms with Crippen LogP contribution in [0.2, 0.25) is 0 Å². The van der Waals surface area contributed by atoms with E-state index in [4.69, 9.17) is 0 Å². The molecule has 1 saturated heterocycles. The number of hydrogen-bond acceptors (Lipinski definition) is 2. The Balaban J connectivity index is 2.50. The molecule has 0 radical (unpaired) electrons. The number of carbonyl (C=O) groups is 1. The molecule has 1 unspecified atom stereocenters.